The third-order valence-corrected chi connectivity index (χ3v) is 3.75. The molecule has 0 atom stereocenters. The van der Waals surface area contributed by atoms with E-state index in [4.69, 9.17) is 0 Å². The molecule has 0 fully saturated rings. The molecule has 19 heavy (non-hydrogen) atoms. The lowest BCUT2D eigenvalue weighted by atomic mass is 9.89. The molecule has 1 aromatic carbocycles. The summed E-state index contributed by atoms with van der Waals surface area (Å²) in [5.74, 6) is -0.796. The zero-order valence-corrected chi connectivity index (χ0v) is 12.2. The highest BCUT2D eigenvalue weighted by Crippen LogP contribution is 2.34. The summed E-state index contributed by atoms with van der Waals surface area (Å²) >= 11 is 0. The Morgan fingerprint density at radius 1 is 1.32 bits per heavy atom. The van der Waals surface area contributed by atoms with Gasteiger partial charge in [0.05, 0.1) is 5.52 Å². The first-order valence-corrected chi connectivity index (χ1v) is 6.61. The minimum atomic E-state index is -0.893. The Morgan fingerprint density at radius 3 is 2.47 bits per heavy atom. The van der Waals surface area contributed by atoms with Crippen LogP contribution in [-0.4, -0.2) is 15.6 Å². The molecule has 1 heterocycles. The van der Waals surface area contributed by atoms with Gasteiger partial charge in [0.15, 0.2) is 0 Å². The van der Waals surface area contributed by atoms with Crippen LogP contribution in [0.15, 0.2) is 24.3 Å². The maximum atomic E-state index is 11.5. The summed E-state index contributed by atoms with van der Waals surface area (Å²) < 4.78 is 2.15. The van der Waals surface area contributed by atoms with Crippen LogP contribution in [0.5, 0.6) is 0 Å². The first-order valence-electron chi connectivity index (χ1n) is 6.61. The first-order chi connectivity index (χ1) is 8.76. The highest BCUT2D eigenvalue weighted by Gasteiger charge is 2.34. The van der Waals surface area contributed by atoms with Crippen LogP contribution in [0, 0.1) is 6.92 Å². The summed E-state index contributed by atoms with van der Waals surface area (Å²) in [4.78, 5) is 11.5. The van der Waals surface area contributed by atoms with Gasteiger partial charge in [0, 0.05) is 17.1 Å². The van der Waals surface area contributed by atoms with E-state index in [1.165, 1.54) is 5.56 Å². The number of para-hydroxylation sites is 1. The fourth-order valence-corrected chi connectivity index (χ4v) is 2.59. The molecule has 0 saturated carbocycles. The number of carboxylic acids is 1. The van der Waals surface area contributed by atoms with Crippen molar-refractivity contribution in [2.75, 3.05) is 0 Å². The molecule has 0 aliphatic carbocycles. The Bertz CT molecular complexity index is 635. The number of fused-ring (bicyclic) bond motifs is 1. The van der Waals surface area contributed by atoms with Gasteiger partial charge in [-0.3, -0.25) is 4.79 Å². The number of benzene rings is 1. The number of hydrogen-bond donors (Lipinski definition) is 1. The molecule has 0 amide bonds. The Hall–Kier alpha value is -1.77. The summed E-state index contributed by atoms with van der Waals surface area (Å²) in [5.41, 5.74) is 2.29. The number of nitrogens with zero attached hydrogens (tertiary/aromatic N) is 1. The Kier molecular flexibility index (Phi) is 3.17. The van der Waals surface area contributed by atoms with E-state index < -0.39 is 11.4 Å². The van der Waals surface area contributed by atoms with Crippen molar-refractivity contribution in [2.45, 2.75) is 46.1 Å². The van der Waals surface area contributed by atoms with E-state index in [-0.39, 0.29) is 6.04 Å². The van der Waals surface area contributed by atoms with Crippen molar-refractivity contribution in [3.05, 3.63) is 35.5 Å². The Balaban J connectivity index is 2.86. The molecule has 0 aliphatic heterocycles. The van der Waals surface area contributed by atoms with Crippen molar-refractivity contribution in [3.8, 4) is 0 Å². The van der Waals surface area contributed by atoms with E-state index >= 15 is 0 Å². The highest BCUT2D eigenvalue weighted by atomic mass is 16.4. The smallest absolute Gasteiger partial charge is 0.315 e. The van der Waals surface area contributed by atoms with Crippen molar-refractivity contribution in [1.29, 1.82) is 0 Å². The third kappa shape index (κ3) is 2.03. The molecule has 3 nitrogen and oxygen atoms in total. The third-order valence-electron chi connectivity index (χ3n) is 3.75. The number of carboxylic acid groups (broad SMARTS) is 1. The van der Waals surface area contributed by atoms with Crippen LogP contribution in [0.25, 0.3) is 10.9 Å². The Morgan fingerprint density at radius 2 is 1.95 bits per heavy atom. The second-order valence-corrected chi connectivity index (χ2v) is 5.94. The van der Waals surface area contributed by atoms with Crippen molar-refractivity contribution in [2.24, 2.45) is 0 Å². The maximum absolute atomic E-state index is 11.5. The quantitative estimate of drug-likeness (QED) is 0.908. The molecule has 0 bridgehead atoms. The summed E-state index contributed by atoms with van der Waals surface area (Å²) in [6, 6.07) is 8.37. The lowest BCUT2D eigenvalue weighted by molar-refractivity contribution is -0.142. The fraction of sp³-hybridized carbons (Fsp3) is 0.438. The van der Waals surface area contributed by atoms with Gasteiger partial charge in [0.25, 0.3) is 0 Å². The molecule has 3 heteroatoms. The standard InChI is InChI=1S/C16H21NO2/c1-10(2)17-13(16(4,5)15(18)19)9-12-8-6-7-11(3)14(12)17/h6-10H,1-5H3,(H,18,19). The minimum Gasteiger partial charge on any atom is -0.481 e. The molecule has 102 valence electrons. The summed E-state index contributed by atoms with van der Waals surface area (Å²) in [7, 11) is 0. The number of carbonyl (C=O) groups is 1. The van der Waals surface area contributed by atoms with Crippen molar-refractivity contribution in [1.82, 2.24) is 4.57 Å². The molecule has 0 spiro atoms. The lowest BCUT2D eigenvalue weighted by Crippen LogP contribution is -2.31. The molecule has 1 aromatic heterocycles. The van der Waals surface area contributed by atoms with E-state index in [0.717, 1.165) is 16.6 Å². The van der Waals surface area contributed by atoms with Gasteiger partial charge in [-0.1, -0.05) is 18.2 Å². The van der Waals surface area contributed by atoms with Crippen LogP contribution in [-0.2, 0) is 10.2 Å². The summed E-state index contributed by atoms with van der Waals surface area (Å²) in [5, 5.41) is 10.6. The van der Waals surface area contributed by atoms with E-state index in [1.807, 2.05) is 18.2 Å². The van der Waals surface area contributed by atoms with E-state index in [2.05, 4.69) is 31.4 Å². The van der Waals surface area contributed by atoms with Gasteiger partial charge in [-0.15, -0.1) is 0 Å². The van der Waals surface area contributed by atoms with Gasteiger partial charge in [-0.05, 0) is 46.2 Å². The zero-order chi connectivity index (χ0) is 14.4. The van der Waals surface area contributed by atoms with Gasteiger partial charge >= 0.3 is 5.97 Å². The normalized spacial score (nSPS) is 12.3. The largest absolute Gasteiger partial charge is 0.481 e. The highest BCUT2D eigenvalue weighted by molar-refractivity contribution is 5.88. The molecule has 0 unspecified atom stereocenters. The predicted octanol–water partition coefficient (Wildman–Crippen LogP) is 3.89. The summed E-state index contributed by atoms with van der Waals surface area (Å²) in [6.07, 6.45) is 0. The van der Waals surface area contributed by atoms with E-state index in [9.17, 15) is 9.90 Å². The second-order valence-electron chi connectivity index (χ2n) is 5.94. The van der Waals surface area contributed by atoms with Gasteiger partial charge in [-0.25, -0.2) is 0 Å². The van der Waals surface area contributed by atoms with Crippen LogP contribution >= 0.6 is 0 Å². The van der Waals surface area contributed by atoms with Crippen molar-refractivity contribution < 1.29 is 9.90 Å². The average molecular weight is 259 g/mol. The van der Waals surface area contributed by atoms with Crippen molar-refractivity contribution >= 4 is 16.9 Å². The molecular weight excluding hydrogens is 238 g/mol. The molecule has 0 saturated heterocycles. The molecule has 0 radical (unpaired) electrons. The topological polar surface area (TPSA) is 42.2 Å². The summed E-state index contributed by atoms with van der Waals surface area (Å²) in [6.45, 7) is 9.77. The van der Waals surface area contributed by atoms with Crippen LogP contribution < -0.4 is 0 Å². The van der Waals surface area contributed by atoms with Crippen LogP contribution in [0.1, 0.15) is 45.0 Å². The molecular formula is C16H21NO2. The molecule has 0 aliphatic rings. The molecule has 2 rings (SSSR count). The number of hydrogen-bond acceptors (Lipinski definition) is 1. The van der Waals surface area contributed by atoms with Crippen LogP contribution in [0.3, 0.4) is 0 Å². The number of aromatic nitrogens is 1. The predicted molar refractivity (Wildman–Crippen MR) is 77.7 cm³/mol. The van der Waals surface area contributed by atoms with E-state index in [1.54, 1.807) is 13.8 Å². The molecule has 2 aromatic rings. The molecule has 1 N–H and O–H groups in total. The first kappa shape index (κ1) is 13.7. The number of aryl methyl sites for hydroxylation is 1. The average Bonchev–Trinajstić information content (AvgIpc) is 2.70. The monoisotopic (exact) mass is 259 g/mol. The second kappa shape index (κ2) is 4.41. The maximum Gasteiger partial charge on any atom is 0.315 e. The SMILES string of the molecule is Cc1cccc2cc(C(C)(C)C(=O)O)n(C(C)C)c12. The van der Waals surface area contributed by atoms with Gasteiger partial charge in [0.2, 0.25) is 0 Å². The fourth-order valence-electron chi connectivity index (χ4n) is 2.59. The van der Waals surface area contributed by atoms with Crippen LogP contribution in [0.2, 0.25) is 0 Å². The number of aliphatic carboxylic acids is 1. The van der Waals surface area contributed by atoms with Crippen LogP contribution in [0.4, 0.5) is 0 Å². The van der Waals surface area contributed by atoms with Gasteiger partial charge in [-0.2, -0.15) is 0 Å². The lowest BCUT2D eigenvalue weighted by Gasteiger charge is -2.25. The van der Waals surface area contributed by atoms with Gasteiger partial charge in [0.1, 0.15) is 5.41 Å². The minimum absolute atomic E-state index is 0.229. The van der Waals surface area contributed by atoms with Crippen molar-refractivity contribution in [3.63, 3.8) is 0 Å². The van der Waals surface area contributed by atoms with Gasteiger partial charge < -0.3 is 9.67 Å². The van der Waals surface area contributed by atoms with E-state index in [0.29, 0.717) is 0 Å². The number of rotatable bonds is 3. The zero-order valence-electron chi connectivity index (χ0n) is 12.2. The Labute approximate surface area is 113 Å².